The van der Waals surface area contributed by atoms with Gasteiger partial charge < -0.3 is 15.5 Å². The summed E-state index contributed by atoms with van der Waals surface area (Å²) in [6, 6.07) is 1.83. The van der Waals surface area contributed by atoms with E-state index in [0.717, 1.165) is 12.8 Å². The van der Waals surface area contributed by atoms with Crippen LogP contribution in [0.1, 0.15) is 35.9 Å². The lowest BCUT2D eigenvalue weighted by Gasteiger charge is -2.12. The number of nitrogens with one attached hydrogen (secondary N) is 1. The molecule has 3 N–H and O–H groups in total. The van der Waals surface area contributed by atoms with Crippen molar-refractivity contribution in [1.82, 2.24) is 5.32 Å². The predicted molar refractivity (Wildman–Crippen MR) is 58.7 cm³/mol. The first kappa shape index (κ1) is 11.8. The van der Waals surface area contributed by atoms with Gasteiger partial charge in [-0.25, -0.2) is 0 Å². The molecule has 1 aromatic heterocycles. The van der Waals surface area contributed by atoms with Crippen molar-refractivity contribution in [3.63, 3.8) is 0 Å². The molecule has 1 rings (SSSR count). The largest absolute Gasteiger partial charge is 0.469 e. The molecule has 84 valence electrons. The Labute approximate surface area is 89.8 Å². The molecule has 4 nitrogen and oxygen atoms in total. The smallest absolute Gasteiger partial charge is 0.255 e. The highest BCUT2D eigenvalue weighted by molar-refractivity contribution is 5.95. The zero-order valence-electron chi connectivity index (χ0n) is 9.25. The van der Waals surface area contributed by atoms with Gasteiger partial charge >= 0.3 is 0 Å². The Morgan fingerprint density at radius 2 is 2.40 bits per heavy atom. The molecule has 1 aromatic rings. The van der Waals surface area contributed by atoms with Gasteiger partial charge in [0.25, 0.3) is 5.91 Å². The fraction of sp³-hybridized carbons (Fsp3) is 0.545. The Hall–Kier alpha value is -1.29. The Bertz CT molecular complexity index is 320. The molecule has 0 spiro atoms. The molecule has 1 heterocycles. The summed E-state index contributed by atoms with van der Waals surface area (Å²) in [5, 5.41) is 2.90. The average Bonchev–Trinajstić information content (AvgIpc) is 2.61. The van der Waals surface area contributed by atoms with Gasteiger partial charge in [-0.05, 0) is 39.3 Å². The molecule has 1 amide bonds. The lowest BCUT2D eigenvalue weighted by molar-refractivity contribution is 0.0936. The highest BCUT2D eigenvalue weighted by atomic mass is 16.3. The SMILES string of the molecule is Cc1occc1C(=O)NC(C)CCCN. The number of nitrogens with two attached hydrogens (primary N) is 1. The number of hydrogen-bond acceptors (Lipinski definition) is 3. The minimum Gasteiger partial charge on any atom is -0.469 e. The van der Waals surface area contributed by atoms with Crippen molar-refractivity contribution < 1.29 is 9.21 Å². The van der Waals surface area contributed by atoms with Gasteiger partial charge in [0.05, 0.1) is 11.8 Å². The summed E-state index contributed by atoms with van der Waals surface area (Å²) in [4.78, 5) is 11.7. The van der Waals surface area contributed by atoms with Crippen molar-refractivity contribution in [3.05, 3.63) is 23.7 Å². The van der Waals surface area contributed by atoms with E-state index in [1.165, 1.54) is 6.26 Å². The first-order chi connectivity index (χ1) is 7.15. The van der Waals surface area contributed by atoms with Crippen LogP contribution < -0.4 is 11.1 Å². The zero-order valence-corrected chi connectivity index (χ0v) is 9.25. The van der Waals surface area contributed by atoms with Crippen LogP contribution in [0.4, 0.5) is 0 Å². The third-order valence-electron chi connectivity index (χ3n) is 2.32. The second-order valence-electron chi connectivity index (χ2n) is 3.70. The van der Waals surface area contributed by atoms with Gasteiger partial charge in [-0.2, -0.15) is 0 Å². The van der Waals surface area contributed by atoms with E-state index in [0.29, 0.717) is 17.9 Å². The Morgan fingerprint density at radius 3 is 2.93 bits per heavy atom. The third-order valence-corrected chi connectivity index (χ3v) is 2.32. The molecule has 0 aromatic carbocycles. The summed E-state index contributed by atoms with van der Waals surface area (Å²) < 4.78 is 5.07. The molecule has 0 saturated heterocycles. The van der Waals surface area contributed by atoms with E-state index in [1.54, 1.807) is 13.0 Å². The number of furan rings is 1. The molecule has 0 saturated carbocycles. The van der Waals surface area contributed by atoms with E-state index in [-0.39, 0.29) is 11.9 Å². The van der Waals surface area contributed by atoms with Crippen molar-refractivity contribution in [2.75, 3.05) is 6.54 Å². The van der Waals surface area contributed by atoms with Crippen molar-refractivity contribution in [1.29, 1.82) is 0 Å². The molecule has 0 aliphatic carbocycles. The van der Waals surface area contributed by atoms with E-state index in [4.69, 9.17) is 10.2 Å². The maximum absolute atomic E-state index is 11.7. The first-order valence-electron chi connectivity index (χ1n) is 5.20. The van der Waals surface area contributed by atoms with E-state index in [2.05, 4.69) is 5.32 Å². The highest BCUT2D eigenvalue weighted by Crippen LogP contribution is 2.09. The van der Waals surface area contributed by atoms with Crippen molar-refractivity contribution in [3.8, 4) is 0 Å². The second kappa shape index (κ2) is 5.56. The van der Waals surface area contributed by atoms with Gasteiger partial charge in [-0.1, -0.05) is 0 Å². The van der Waals surface area contributed by atoms with Gasteiger partial charge in [-0.3, -0.25) is 4.79 Å². The molecule has 0 aliphatic heterocycles. The Kier molecular flexibility index (Phi) is 4.37. The number of carbonyl (C=O) groups is 1. The van der Waals surface area contributed by atoms with E-state index in [9.17, 15) is 4.79 Å². The van der Waals surface area contributed by atoms with E-state index < -0.39 is 0 Å². The quantitative estimate of drug-likeness (QED) is 0.772. The molecular weight excluding hydrogens is 192 g/mol. The van der Waals surface area contributed by atoms with Crippen LogP contribution in [0.3, 0.4) is 0 Å². The van der Waals surface area contributed by atoms with Crippen LogP contribution in [0.5, 0.6) is 0 Å². The zero-order chi connectivity index (χ0) is 11.3. The van der Waals surface area contributed by atoms with E-state index >= 15 is 0 Å². The number of amides is 1. The fourth-order valence-corrected chi connectivity index (χ4v) is 1.42. The van der Waals surface area contributed by atoms with Gasteiger partial charge in [0.1, 0.15) is 5.76 Å². The molecule has 4 heteroatoms. The molecular formula is C11H18N2O2. The van der Waals surface area contributed by atoms with Gasteiger partial charge in [0.2, 0.25) is 0 Å². The van der Waals surface area contributed by atoms with Crippen LogP contribution in [-0.2, 0) is 0 Å². The van der Waals surface area contributed by atoms with Crippen LogP contribution in [0.2, 0.25) is 0 Å². The molecule has 1 unspecified atom stereocenters. The van der Waals surface area contributed by atoms with Gasteiger partial charge in [0, 0.05) is 6.04 Å². The summed E-state index contributed by atoms with van der Waals surface area (Å²) in [5.74, 6) is 0.573. The normalized spacial score (nSPS) is 12.5. The standard InChI is InChI=1S/C11H18N2O2/c1-8(4-3-6-12)13-11(14)10-5-7-15-9(10)2/h5,7-8H,3-4,6,12H2,1-2H3,(H,13,14). The van der Waals surface area contributed by atoms with Gasteiger partial charge in [-0.15, -0.1) is 0 Å². The van der Waals surface area contributed by atoms with Crippen LogP contribution in [0.25, 0.3) is 0 Å². The maximum Gasteiger partial charge on any atom is 0.255 e. The monoisotopic (exact) mass is 210 g/mol. The molecule has 0 aliphatic rings. The molecule has 1 atom stereocenters. The lowest BCUT2D eigenvalue weighted by Crippen LogP contribution is -2.33. The first-order valence-corrected chi connectivity index (χ1v) is 5.20. The molecule has 0 fully saturated rings. The number of rotatable bonds is 5. The van der Waals surface area contributed by atoms with Crippen LogP contribution in [-0.4, -0.2) is 18.5 Å². The number of aryl methyl sites for hydroxylation is 1. The maximum atomic E-state index is 11.7. The van der Waals surface area contributed by atoms with Crippen molar-refractivity contribution >= 4 is 5.91 Å². The van der Waals surface area contributed by atoms with Crippen LogP contribution >= 0.6 is 0 Å². The Morgan fingerprint density at radius 1 is 1.67 bits per heavy atom. The predicted octanol–water partition coefficient (Wildman–Crippen LogP) is 1.45. The lowest BCUT2D eigenvalue weighted by atomic mass is 10.1. The summed E-state index contributed by atoms with van der Waals surface area (Å²) in [7, 11) is 0. The summed E-state index contributed by atoms with van der Waals surface area (Å²) >= 11 is 0. The second-order valence-corrected chi connectivity index (χ2v) is 3.70. The summed E-state index contributed by atoms with van der Waals surface area (Å²) in [5.41, 5.74) is 6.00. The van der Waals surface area contributed by atoms with Crippen molar-refractivity contribution in [2.45, 2.75) is 32.7 Å². The summed E-state index contributed by atoms with van der Waals surface area (Å²) in [6.07, 6.45) is 3.35. The third kappa shape index (κ3) is 3.40. The van der Waals surface area contributed by atoms with E-state index in [1.807, 2.05) is 6.92 Å². The molecule has 0 bridgehead atoms. The number of hydrogen-bond donors (Lipinski definition) is 2. The minimum atomic E-state index is -0.0780. The number of carbonyl (C=O) groups excluding carboxylic acids is 1. The fourth-order valence-electron chi connectivity index (χ4n) is 1.42. The van der Waals surface area contributed by atoms with Crippen LogP contribution in [0, 0.1) is 6.92 Å². The average molecular weight is 210 g/mol. The van der Waals surface area contributed by atoms with Crippen molar-refractivity contribution in [2.24, 2.45) is 5.73 Å². The minimum absolute atomic E-state index is 0.0780. The topological polar surface area (TPSA) is 68.3 Å². The summed E-state index contributed by atoms with van der Waals surface area (Å²) in [6.45, 7) is 4.41. The molecule has 15 heavy (non-hydrogen) atoms. The molecule has 0 radical (unpaired) electrons. The highest BCUT2D eigenvalue weighted by Gasteiger charge is 2.13. The Balaban J connectivity index is 2.46. The van der Waals surface area contributed by atoms with Gasteiger partial charge in [0.15, 0.2) is 0 Å². The van der Waals surface area contributed by atoms with Crippen LogP contribution in [0.15, 0.2) is 16.7 Å².